The number of allylic oxidation sites excluding steroid dienone is 3. The lowest BCUT2D eigenvalue weighted by molar-refractivity contribution is 0.793. The van der Waals surface area contributed by atoms with Crippen molar-refractivity contribution in [3.63, 3.8) is 0 Å². The minimum atomic E-state index is -0.445. The van der Waals surface area contributed by atoms with Gasteiger partial charge in [-0.1, -0.05) is 195 Å². The van der Waals surface area contributed by atoms with Crippen LogP contribution in [0.1, 0.15) is 33.4 Å². The molecule has 1 nitrogen and oxygen atoms in total. The van der Waals surface area contributed by atoms with Crippen LogP contribution in [-0.2, 0) is 5.41 Å². The van der Waals surface area contributed by atoms with Gasteiger partial charge < -0.3 is 5.41 Å². The Bertz CT molecular complexity index is 3080. The van der Waals surface area contributed by atoms with Gasteiger partial charge in [0.1, 0.15) is 0 Å². The highest BCUT2D eigenvalue weighted by Crippen LogP contribution is 2.62. The summed E-state index contributed by atoms with van der Waals surface area (Å²) in [7, 11) is 0. The third kappa shape index (κ3) is 4.86. The van der Waals surface area contributed by atoms with E-state index in [0.717, 1.165) is 27.5 Å². The van der Waals surface area contributed by atoms with Crippen LogP contribution in [-0.4, -0.2) is 5.71 Å². The number of fused-ring (bicyclic) bond motifs is 12. The summed E-state index contributed by atoms with van der Waals surface area (Å²) in [4.78, 5) is 0. The Morgan fingerprint density at radius 3 is 1.54 bits per heavy atom. The fourth-order valence-electron chi connectivity index (χ4n) is 9.88. The molecule has 0 aliphatic heterocycles. The Hall–Kier alpha value is -7.35. The van der Waals surface area contributed by atoms with Crippen LogP contribution in [0, 0.1) is 5.41 Å². The number of hydrogen-bond acceptors (Lipinski definition) is 1. The predicted octanol–water partition coefficient (Wildman–Crippen LogP) is 14.3. The lowest BCUT2D eigenvalue weighted by Gasteiger charge is -2.30. The van der Waals surface area contributed by atoms with Crippen molar-refractivity contribution in [2.75, 3.05) is 0 Å². The zero-order valence-corrected chi connectivity index (χ0v) is 31.3. The smallest absolute Gasteiger partial charge is 0.0725 e. The maximum atomic E-state index is 9.53. The zero-order valence-electron chi connectivity index (χ0n) is 31.3. The molecule has 0 radical (unpaired) electrons. The Kier molecular flexibility index (Phi) is 7.46. The third-order valence-electron chi connectivity index (χ3n) is 12.3. The summed E-state index contributed by atoms with van der Waals surface area (Å²) in [6.07, 6.45) is 3.97. The number of rotatable bonds is 6. The molecule has 9 aromatic rings. The van der Waals surface area contributed by atoms with Crippen LogP contribution in [0.5, 0.6) is 0 Å². The van der Waals surface area contributed by atoms with E-state index in [-0.39, 0.29) is 0 Å². The Morgan fingerprint density at radius 1 is 0.404 bits per heavy atom. The monoisotopic (exact) mass is 723 g/mol. The molecular weight excluding hydrogens is 687 g/mol. The minimum Gasteiger partial charge on any atom is -0.300 e. The van der Waals surface area contributed by atoms with E-state index in [1.165, 1.54) is 77.5 Å². The van der Waals surface area contributed by atoms with Crippen LogP contribution >= 0.6 is 0 Å². The minimum absolute atomic E-state index is 0.445. The van der Waals surface area contributed by atoms with Crippen LogP contribution in [0.4, 0.5) is 0 Å². The average Bonchev–Trinajstić information content (AvgIpc) is 3.75. The highest BCUT2D eigenvalue weighted by atomic mass is 14.5. The lowest BCUT2D eigenvalue weighted by Crippen LogP contribution is -2.26. The maximum Gasteiger partial charge on any atom is 0.0725 e. The quantitative estimate of drug-likeness (QED) is 0.100. The van der Waals surface area contributed by atoms with Crippen molar-refractivity contribution < 1.29 is 0 Å². The molecule has 11 rings (SSSR count). The van der Waals surface area contributed by atoms with Crippen molar-refractivity contribution in [1.29, 1.82) is 5.41 Å². The van der Waals surface area contributed by atoms with Crippen LogP contribution in [0.15, 0.2) is 213 Å². The van der Waals surface area contributed by atoms with Gasteiger partial charge in [0.05, 0.1) is 11.1 Å². The molecule has 0 saturated heterocycles. The topological polar surface area (TPSA) is 23.9 Å². The first-order valence-electron chi connectivity index (χ1n) is 19.6. The van der Waals surface area contributed by atoms with Crippen LogP contribution in [0.2, 0.25) is 0 Å². The first-order chi connectivity index (χ1) is 28.1. The molecule has 1 spiro atoms. The molecule has 2 aliphatic rings. The Morgan fingerprint density at radius 2 is 0.912 bits per heavy atom. The van der Waals surface area contributed by atoms with Crippen molar-refractivity contribution in [2.24, 2.45) is 0 Å². The standard InChI is InChI=1S/C56H37N/c1-36(54-45-23-8-9-24-46(45)55(38-18-6-3-7-19-38)48-34-39(29-32-47(48)54)37-16-4-2-5-17-37)28-33-53(57)40-30-31-44-43-22-12-15-27-51(43)56(52(44)35-40)49-25-13-10-20-41(49)42-21-11-14-26-50(42)56/h2-35,57H,1H2/b33-28-,57-53?. The van der Waals surface area contributed by atoms with Crippen molar-refractivity contribution in [1.82, 2.24) is 0 Å². The van der Waals surface area contributed by atoms with Crippen molar-refractivity contribution in [3.05, 3.63) is 246 Å². The Balaban J connectivity index is 1.04. The van der Waals surface area contributed by atoms with Gasteiger partial charge in [0, 0.05) is 0 Å². The maximum absolute atomic E-state index is 9.53. The van der Waals surface area contributed by atoms with Crippen LogP contribution in [0.3, 0.4) is 0 Å². The molecule has 266 valence electrons. The summed E-state index contributed by atoms with van der Waals surface area (Å²) >= 11 is 0. The molecule has 0 atom stereocenters. The zero-order chi connectivity index (χ0) is 38.1. The number of benzene rings is 9. The van der Waals surface area contributed by atoms with Gasteiger partial charge in [-0.2, -0.15) is 0 Å². The summed E-state index contributed by atoms with van der Waals surface area (Å²) in [5.41, 5.74) is 17.8. The van der Waals surface area contributed by atoms with Gasteiger partial charge >= 0.3 is 0 Å². The molecule has 0 amide bonds. The third-order valence-corrected chi connectivity index (χ3v) is 12.3. The molecule has 1 heteroatoms. The Labute approximate surface area is 333 Å². The molecule has 2 aliphatic carbocycles. The van der Waals surface area contributed by atoms with Gasteiger partial charge in [-0.25, -0.2) is 0 Å². The van der Waals surface area contributed by atoms with Gasteiger partial charge in [0.2, 0.25) is 0 Å². The normalized spacial score (nSPS) is 13.1. The van der Waals surface area contributed by atoms with Crippen molar-refractivity contribution >= 4 is 32.8 Å². The molecule has 9 aromatic carbocycles. The van der Waals surface area contributed by atoms with E-state index in [9.17, 15) is 5.41 Å². The summed E-state index contributed by atoms with van der Waals surface area (Å²) in [6, 6.07) is 70.0. The van der Waals surface area contributed by atoms with E-state index in [2.05, 4.69) is 201 Å². The molecule has 57 heavy (non-hydrogen) atoms. The molecule has 0 aromatic heterocycles. The van der Waals surface area contributed by atoms with E-state index in [1.54, 1.807) is 0 Å². The summed E-state index contributed by atoms with van der Waals surface area (Å²) in [6.45, 7) is 4.68. The van der Waals surface area contributed by atoms with Gasteiger partial charge in [-0.15, -0.1) is 0 Å². The SMILES string of the molecule is C=C(/C=C\C(=N)c1ccc2c(c1)C1(c3ccccc3-c3ccccc31)c1ccccc1-2)c1c2ccccc2c(-c2ccccc2)c2cc(-c3ccccc3)ccc12. The molecule has 1 N–H and O–H groups in total. The molecule has 0 unspecified atom stereocenters. The predicted molar refractivity (Wildman–Crippen MR) is 240 cm³/mol. The largest absolute Gasteiger partial charge is 0.300 e. The van der Waals surface area contributed by atoms with Gasteiger partial charge in [-0.3, -0.25) is 0 Å². The van der Waals surface area contributed by atoms with Gasteiger partial charge in [0.15, 0.2) is 0 Å². The second-order valence-electron chi connectivity index (χ2n) is 15.2. The summed E-state index contributed by atoms with van der Waals surface area (Å²) in [5, 5.41) is 14.2. The van der Waals surface area contributed by atoms with Crippen LogP contribution in [0.25, 0.3) is 71.6 Å². The van der Waals surface area contributed by atoms with E-state index in [1.807, 2.05) is 12.2 Å². The van der Waals surface area contributed by atoms with E-state index in [0.29, 0.717) is 5.71 Å². The van der Waals surface area contributed by atoms with Crippen LogP contribution < -0.4 is 0 Å². The molecular formula is C56H37N. The van der Waals surface area contributed by atoms with Gasteiger partial charge in [0.25, 0.3) is 0 Å². The fourth-order valence-corrected chi connectivity index (χ4v) is 9.88. The van der Waals surface area contributed by atoms with E-state index in [4.69, 9.17) is 0 Å². The second kappa shape index (κ2) is 12.9. The number of hydrogen-bond donors (Lipinski definition) is 1. The lowest BCUT2D eigenvalue weighted by atomic mass is 9.70. The van der Waals surface area contributed by atoms with E-state index >= 15 is 0 Å². The first kappa shape index (κ1) is 33.0. The average molecular weight is 724 g/mol. The number of nitrogens with one attached hydrogen (secondary N) is 1. The van der Waals surface area contributed by atoms with Crippen molar-refractivity contribution in [3.8, 4) is 44.5 Å². The molecule has 0 bridgehead atoms. The molecule has 0 heterocycles. The summed E-state index contributed by atoms with van der Waals surface area (Å²) < 4.78 is 0. The first-order valence-corrected chi connectivity index (χ1v) is 19.6. The van der Waals surface area contributed by atoms with E-state index < -0.39 is 5.41 Å². The second-order valence-corrected chi connectivity index (χ2v) is 15.2. The highest BCUT2D eigenvalue weighted by Gasteiger charge is 2.51. The highest BCUT2D eigenvalue weighted by molar-refractivity contribution is 6.20. The molecule has 0 saturated carbocycles. The van der Waals surface area contributed by atoms with Crippen molar-refractivity contribution in [2.45, 2.75) is 5.41 Å². The summed E-state index contributed by atoms with van der Waals surface area (Å²) in [5.74, 6) is 0. The molecule has 0 fully saturated rings. The van der Waals surface area contributed by atoms with Gasteiger partial charge in [-0.05, 0) is 123 Å². The fraction of sp³-hybridized carbons (Fsp3) is 0.0179.